The second kappa shape index (κ2) is 6.50. The van der Waals surface area contributed by atoms with Crippen LogP contribution in [0.2, 0.25) is 0 Å². The predicted molar refractivity (Wildman–Crippen MR) is 83.6 cm³/mol. The van der Waals surface area contributed by atoms with E-state index < -0.39 is 0 Å². The molecule has 5 nitrogen and oxygen atoms in total. The lowest BCUT2D eigenvalue weighted by Crippen LogP contribution is -1.99. The summed E-state index contributed by atoms with van der Waals surface area (Å²) in [5.74, 6) is 3.76. The fraction of sp³-hybridized carbons (Fsp3) is 0.154. The zero-order valence-electron chi connectivity index (χ0n) is 10.6. The Kier molecular flexibility index (Phi) is 4.71. The van der Waals surface area contributed by atoms with Crippen molar-refractivity contribution >= 4 is 34.4 Å². The van der Waals surface area contributed by atoms with Gasteiger partial charge in [0.25, 0.3) is 0 Å². The zero-order valence-corrected chi connectivity index (χ0v) is 13.0. The van der Waals surface area contributed by atoms with Crippen molar-refractivity contribution in [2.45, 2.75) is 6.92 Å². The molecular formula is C13H11BrN4OS. The minimum Gasteiger partial charge on any atom is -0.480 e. The second-order valence-corrected chi connectivity index (χ2v) is 5.11. The van der Waals surface area contributed by atoms with Gasteiger partial charge in [-0.1, -0.05) is 21.9 Å². The lowest BCUT2D eigenvalue weighted by Gasteiger charge is -2.06. The first-order chi connectivity index (χ1) is 9.61. The van der Waals surface area contributed by atoms with Crippen molar-refractivity contribution in [3.05, 3.63) is 38.8 Å². The van der Waals surface area contributed by atoms with Crippen LogP contribution in [0.5, 0.6) is 5.75 Å². The Morgan fingerprint density at radius 3 is 3.10 bits per heavy atom. The van der Waals surface area contributed by atoms with E-state index in [0.29, 0.717) is 16.3 Å². The molecule has 1 heterocycles. The Balaban J connectivity index is 2.35. The smallest absolute Gasteiger partial charge is 0.216 e. The summed E-state index contributed by atoms with van der Waals surface area (Å²) in [4.78, 5) is 0. The maximum Gasteiger partial charge on any atom is 0.216 e. The number of H-pyrrole nitrogens is 1. The summed E-state index contributed by atoms with van der Waals surface area (Å²) >= 11 is 8.49. The van der Waals surface area contributed by atoms with Gasteiger partial charge in [0.15, 0.2) is 0 Å². The van der Waals surface area contributed by atoms with E-state index in [0.717, 1.165) is 10.0 Å². The van der Waals surface area contributed by atoms with Gasteiger partial charge < -0.3 is 4.74 Å². The molecule has 0 radical (unpaired) electrons. The van der Waals surface area contributed by atoms with Crippen LogP contribution in [0.4, 0.5) is 0 Å². The van der Waals surface area contributed by atoms with E-state index in [2.05, 4.69) is 37.1 Å². The Labute approximate surface area is 129 Å². The number of hydrogen-bond acceptors (Lipinski definition) is 4. The highest BCUT2D eigenvalue weighted by Crippen LogP contribution is 2.21. The van der Waals surface area contributed by atoms with Gasteiger partial charge in [-0.2, -0.15) is 14.9 Å². The number of ether oxygens (including phenoxy) is 1. The summed E-state index contributed by atoms with van der Waals surface area (Å²) in [6.07, 6.45) is 6.85. The number of benzene rings is 1. The van der Waals surface area contributed by atoms with Crippen LogP contribution in [0.1, 0.15) is 11.4 Å². The molecule has 0 amide bonds. The molecule has 1 aromatic carbocycles. The van der Waals surface area contributed by atoms with Crippen molar-refractivity contribution in [1.82, 2.24) is 14.9 Å². The average molecular weight is 351 g/mol. The highest BCUT2D eigenvalue weighted by molar-refractivity contribution is 9.10. The zero-order chi connectivity index (χ0) is 14.5. The number of aryl methyl sites for hydroxylation is 1. The monoisotopic (exact) mass is 350 g/mol. The Hall–Kier alpha value is -1.91. The third-order valence-corrected chi connectivity index (χ3v) is 3.16. The van der Waals surface area contributed by atoms with Crippen LogP contribution in [0.25, 0.3) is 0 Å². The first kappa shape index (κ1) is 14.5. The van der Waals surface area contributed by atoms with Crippen LogP contribution in [-0.4, -0.2) is 27.7 Å². The highest BCUT2D eigenvalue weighted by Gasteiger charge is 2.03. The van der Waals surface area contributed by atoms with Crippen molar-refractivity contribution in [3.63, 3.8) is 0 Å². The molecule has 0 aliphatic carbocycles. The Morgan fingerprint density at radius 1 is 1.65 bits per heavy atom. The fourth-order valence-electron chi connectivity index (χ4n) is 1.50. The molecule has 0 saturated heterocycles. The summed E-state index contributed by atoms with van der Waals surface area (Å²) in [5, 5.41) is 10.9. The first-order valence-electron chi connectivity index (χ1n) is 5.66. The van der Waals surface area contributed by atoms with Gasteiger partial charge in [-0.15, -0.1) is 6.42 Å². The SMILES string of the molecule is C#CCOc1ccc(Br)cc1/C=N\n1c(C)n[nH]c1=S. The number of nitrogens with one attached hydrogen (secondary N) is 1. The number of aromatic nitrogens is 3. The van der Waals surface area contributed by atoms with Gasteiger partial charge in [-0.25, -0.2) is 0 Å². The summed E-state index contributed by atoms with van der Waals surface area (Å²) in [7, 11) is 0. The molecule has 0 unspecified atom stereocenters. The molecule has 20 heavy (non-hydrogen) atoms. The van der Waals surface area contributed by atoms with Gasteiger partial charge in [0, 0.05) is 10.0 Å². The molecule has 0 aliphatic rings. The molecule has 7 heteroatoms. The Bertz CT molecular complexity index is 742. The number of aromatic amines is 1. The van der Waals surface area contributed by atoms with Crippen molar-refractivity contribution in [3.8, 4) is 18.1 Å². The fourth-order valence-corrected chi connectivity index (χ4v) is 2.10. The first-order valence-corrected chi connectivity index (χ1v) is 6.86. The van der Waals surface area contributed by atoms with Gasteiger partial charge in [0.2, 0.25) is 4.77 Å². The minimum absolute atomic E-state index is 0.201. The van der Waals surface area contributed by atoms with E-state index in [-0.39, 0.29) is 6.61 Å². The van der Waals surface area contributed by atoms with Gasteiger partial charge in [-0.05, 0) is 37.3 Å². The molecule has 0 aliphatic heterocycles. The normalized spacial score (nSPS) is 10.7. The lowest BCUT2D eigenvalue weighted by molar-refractivity contribution is 0.370. The molecule has 1 N–H and O–H groups in total. The van der Waals surface area contributed by atoms with E-state index in [1.165, 1.54) is 4.68 Å². The second-order valence-electron chi connectivity index (χ2n) is 3.81. The summed E-state index contributed by atoms with van der Waals surface area (Å²) < 4.78 is 8.34. The minimum atomic E-state index is 0.201. The molecule has 2 rings (SSSR count). The molecule has 0 fully saturated rings. The van der Waals surface area contributed by atoms with Crippen LogP contribution >= 0.6 is 28.1 Å². The number of terminal acetylenes is 1. The number of nitrogens with zero attached hydrogens (tertiary/aromatic N) is 3. The van der Waals surface area contributed by atoms with E-state index in [1.807, 2.05) is 18.2 Å². The number of halogens is 1. The van der Waals surface area contributed by atoms with Crippen LogP contribution < -0.4 is 4.74 Å². The molecule has 0 atom stereocenters. The average Bonchev–Trinajstić information content (AvgIpc) is 2.75. The summed E-state index contributed by atoms with van der Waals surface area (Å²) in [6.45, 7) is 2.01. The Morgan fingerprint density at radius 2 is 2.45 bits per heavy atom. The highest BCUT2D eigenvalue weighted by atomic mass is 79.9. The van der Waals surface area contributed by atoms with E-state index in [1.54, 1.807) is 13.1 Å². The van der Waals surface area contributed by atoms with Crippen molar-refractivity contribution in [2.75, 3.05) is 6.61 Å². The molecule has 0 spiro atoms. The molecule has 1 aromatic heterocycles. The van der Waals surface area contributed by atoms with E-state index >= 15 is 0 Å². The van der Waals surface area contributed by atoms with Crippen LogP contribution in [0, 0.1) is 24.0 Å². The summed E-state index contributed by atoms with van der Waals surface area (Å²) in [6, 6.07) is 5.58. The third kappa shape index (κ3) is 3.35. The number of hydrogen-bond donors (Lipinski definition) is 1. The summed E-state index contributed by atoms with van der Waals surface area (Å²) in [5.41, 5.74) is 0.789. The number of rotatable bonds is 4. The van der Waals surface area contributed by atoms with Crippen molar-refractivity contribution < 1.29 is 4.74 Å². The van der Waals surface area contributed by atoms with Gasteiger partial charge in [0.05, 0.1) is 6.21 Å². The van der Waals surface area contributed by atoms with Gasteiger partial charge in [-0.3, -0.25) is 5.10 Å². The largest absolute Gasteiger partial charge is 0.480 e. The maximum absolute atomic E-state index is 5.46. The van der Waals surface area contributed by atoms with E-state index in [9.17, 15) is 0 Å². The molecule has 102 valence electrons. The predicted octanol–water partition coefficient (Wildman–Crippen LogP) is 2.91. The molecule has 0 bridgehead atoms. The third-order valence-electron chi connectivity index (χ3n) is 2.41. The van der Waals surface area contributed by atoms with Crippen LogP contribution in [0.15, 0.2) is 27.8 Å². The van der Waals surface area contributed by atoms with Crippen molar-refractivity contribution in [2.24, 2.45) is 5.10 Å². The van der Waals surface area contributed by atoms with Crippen LogP contribution in [-0.2, 0) is 0 Å². The lowest BCUT2D eigenvalue weighted by atomic mass is 10.2. The topological polar surface area (TPSA) is 55.2 Å². The van der Waals surface area contributed by atoms with Crippen molar-refractivity contribution in [1.29, 1.82) is 0 Å². The van der Waals surface area contributed by atoms with E-state index in [4.69, 9.17) is 23.4 Å². The molecular weight excluding hydrogens is 340 g/mol. The maximum atomic E-state index is 5.46. The molecule has 0 saturated carbocycles. The molecule has 2 aromatic rings. The van der Waals surface area contributed by atoms with Gasteiger partial charge >= 0.3 is 0 Å². The van der Waals surface area contributed by atoms with Gasteiger partial charge in [0.1, 0.15) is 18.2 Å². The quantitative estimate of drug-likeness (QED) is 0.524. The standard InChI is InChI=1S/C13H11BrN4OS/c1-3-6-19-12-5-4-11(14)7-10(12)8-15-18-9(2)16-17-13(18)20/h1,4-5,7-8H,6H2,2H3,(H,17,20)/b15-8-. The van der Waals surface area contributed by atoms with Crippen LogP contribution in [0.3, 0.4) is 0 Å².